The van der Waals surface area contributed by atoms with Gasteiger partial charge in [0.25, 0.3) is 0 Å². The van der Waals surface area contributed by atoms with Gasteiger partial charge in [-0.15, -0.1) is 0 Å². The van der Waals surface area contributed by atoms with Crippen LogP contribution in [0.4, 0.5) is 5.69 Å². The minimum Gasteiger partial charge on any atom is -0.480 e. The Morgan fingerprint density at radius 1 is 1.27 bits per heavy atom. The minimum atomic E-state index is -1.10. The number of carboxylic acid groups (broad SMARTS) is 1. The number of aryl methyl sites for hydroxylation is 1. The van der Waals surface area contributed by atoms with Gasteiger partial charge in [-0.1, -0.05) is 17.7 Å². The maximum Gasteiger partial charge on any atom is 0.329 e. The summed E-state index contributed by atoms with van der Waals surface area (Å²) in [7, 11) is 0. The zero-order valence-corrected chi connectivity index (χ0v) is 12.3. The van der Waals surface area contributed by atoms with E-state index in [-0.39, 0.29) is 18.2 Å². The summed E-state index contributed by atoms with van der Waals surface area (Å²) in [4.78, 5) is 37.1. The third-order valence-corrected chi connectivity index (χ3v) is 4.36. The zero-order chi connectivity index (χ0) is 15.9. The Morgan fingerprint density at radius 3 is 2.45 bits per heavy atom. The van der Waals surface area contributed by atoms with Gasteiger partial charge >= 0.3 is 5.97 Å². The summed E-state index contributed by atoms with van der Waals surface area (Å²) >= 11 is 0. The van der Waals surface area contributed by atoms with E-state index >= 15 is 0 Å². The first-order chi connectivity index (χ1) is 10.4. The van der Waals surface area contributed by atoms with E-state index < -0.39 is 17.4 Å². The molecule has 0 spiro atoms. The Labute approximate surface area is 128 Å². The van der Waals surface area contributed by atoms with Crippen LogP contribution in [-0.2, 0) is 14.4 Å². The van der Waals surface area contributed by atoms with E-state index in [4.69, 9.17) is 5.11 Å². The molecular weight excluding hydrogens is 284 g/mol. The van der Waals surface area contributed by atoms with E-state index in [0.717, 1.165) is 11.3 Å². The number of carbonyl (C=O) groups is 3. The lowest BCUT2D eigenvalue weighted by atomic mass is 10.1. The average Bonchev–Trinajstić information content (AvgIpc) is 3.15. The van der Waals surface area contributed by atoms with Gasteiger partial charge in [0, 0.05) is 18.7 Å². The van der Waals surface area contributed by atoms with Gasteiger partial charge < -0.3 is 15.3 Å². The summed E-state index contributed by atoms with van der Waals surface area (Å²) in [6.45, 7) is 2.26. The molecule has 1 saturated carbocycles. The van der Waals surface area contributed by atoms with Crippen molar-refractivity contribution in [1.82, 2.24) is 5.32 Å². The molecule has 0 bridgehead atoms. The van der Waals surface area contributed by atoms with Crippen molar-refractivity contribution in [2.75, 3.05) is 11.4 Å². The molecule has 0 radical (unpaired) electrons. The van der Waals surface area contributed by atoms with Crippen molar-refractivity contribution in [2.45, 2.75) is 31.7 Å². The fourth-order valence-electron chi connectivity index (χ4n) is 2.71. The molecular formula is C16H18N2O4. The summed E-state index contributed by atoms with van der Waals surface area (Å²) in [5.74, 6) is -1.95. The predicted molar refractivity (Wildman–Crippen MR) is 79.4 cm³/mol. The highest BCUT2D eigenvalue weighted by molar-refractivity contribution is 6.01. The van der Waals surface area contributed by atoms with Gasteiger partial charge in [0.1, 0.15) is 5.54 Å². The molecule has 1 heterocycles. The van der Waals surface area contributed by atoms with Gasteiger partial charge in [0.05, 0.1) is 5.92 Å². The highest BCUT2D eigenvalue weighted by Gasteiger charge is 2.52. The van der Waals surface area contributed by atoms with Crippen LogP contribution in [0, 0.1) is 12.8 Å². The van der Waals surface area contributed by atoms with Crippen molar-refractivity contribution in [1.29, 1.82) is 0 Å². The number of nitrogens with one attached hydrogen (secondary N) is 1. The van der Waals surface area contributed by atoms with Crippen molar-refractivity contribution < 1.29 is 19.5 Å². The monoisotopic (exact) mass is 302 g/mol. The van der Waals surface area contributed by atoms with Gasteiger partial charge in [-0.05, 0) is 31.9 Å². The third kappa shape index (κ3) is 2.56. The van der Waals surface area contributed by atoms with Crippen LogP contribution in [0.25, 0.3) is 0 Å². The maximum atomic E-state index is 12.2. The second kappa shape index (κ2) is 5.12. The molecule has 1 aliphatic carbocycles. The lowest BCUT2D eigenvalue weighted by Gasteiger charge is -2.18. The Balaban J connectivity index is 1.68. The number of hydrogen-bond acceptors (Lipinski definition) is 3. The highest BCUT2D eigenvalue weighted by atomic mass is 16.4. The molecule has 3 rings (SSSR count). The molecule has 2 amide bonds. The Morgan fingerprint density at radius 2 is 1.91 bits per heavy atom. The largest absolute Gasteiger partial charge is 0.480 e. The molecule has 6 nitrogen and oxygen atoms in total. The van der Waals surface area contributed by atoms with Gasteiger partial charge in [0.2, 0.25) is 11.8 Å². The number of carbonyl (C=O) groups excluding carboxylic acids is 2. The van der Waals surface area contributed by atoms with Crippen LogP contribution < -0.4 is 10.2 Å². The lowest BCUT2D eigenvalue weighted by molar-refractivity contribution is -0.143. The Kier molecular flexibility index (Phi) is 3.39. The van der Waals surface area contributed by atoms with Crippen molar-refractivity contribution in [3.63, 3.8) is 0 Å². The second-order valence-electron chi connectivity index (χ2n) is 6.12. The molecule has 2 N–H and O–H groups in total. The van der Waals surface area contributed by atoms with Crippen LogP contribution >= 0.6 is 0 Å². The average molecular weight is 302 g/mol. The molecule has 116 valence electrons. The van der Waals surface area contributed by atoms with Gasteiger partial charge in [0.15, 0.2) is 0 Å². The molecule has 1 saturated heterocycles. The Hall–Kier alpha value is -2.37. The van der Waals surface area contributed by atoms with E-state index in [2.05, 4.69) is 5.32 Å². The quantitative estimate of drug-likeness (QED) is 0.871. The molecule has 2 aliphatic rings. The summed E-state index contributed by atoms with van der Waals surface area (Å²) in [6.07, 6.45) is 1.03. The van der Waals surface area contributed by atoms with Crippen LogP contribution in [0.2, 0.25) is 0 Å². The van der Waals surface area contributed by atoms with Crippen molar-refractivity contribution >= 4 is 23.5 Å². The minimum absolute atomic E-state index is 0.107. The van der Waals surface area contributed by atoms with E-state index in [1.165, 1.54) is 0 Å². The molecule has 6 heteroatoms. The van der Waals surface area contributed by atoms with Gasteiger partial charge in [-0.3, -0.25) is 9.59 Å². The first-order valence-electron chi connectivity index (χ1n) is 7.34. The van der Waals surface area contributed by atoms with E-state index in [9.17, 15) is 14.4 Å². The number of anilines is 1. The Bertz CT molecular complexity index is 634. The number of rotatable bonds is 4. The molecule has 2 fully saturated rings. The number of aliphatic carboxylic acids is 1. The first-order valence-corrected chi connectivity index (χ1v) is 7.34. The van der Waals surface area contributed by atoms with E-state index in [0.29, 0.717) is 19.4 Å². The number of amides is 2. The lowest BCUT2D eigenvalue weighted by Crippen LogP contribution is -2.46. The summed E-state index contributed by atoms with van der Waals surface area (Å²) in [5.41, 5.74) is 0.768. The molecule has 0 aromatic heterocycles. The molecule has 0 unspecified atom stereocenters. The summed E-state index contributed by atoms with van der Waals surface area (Å²) < 4.78 is 0. The van der Waals surface area contributed by atoms with E-state index in [1.807, 2.05) is 31.2 Å². The maximum absolute atomic E-state index is 12.2. The second-order valence-corrected chi connectivity index (χ2v) is 6.12. The van der Waals surface area contributed by atoms with E-state index in [1.54, 1.807) is 4.90 Å². The van der Waals surface area contributed by atoms with Crippen LogP contribution in [0.3, 0.4) is 0 Å². The van der Waals surface area contributed by atoms with Crippen molar-refractivity contribution in [2.24, 2.45) is 5.92 Å². The SMILES string of the molecule is Cc1ccc(N2C[C@@H](C(=O)NC3(C(=O)O)CC3)CC2=O)cc1. The fourth-order valence-corrected chi connectivity index (χ4v) is 2.71. The topological polar surface area (TPSA) is 86.7 Å². The van der Waals surface area contributed by atoms with Crippen LogP contribution in [-0.4, -0.2) is 35.0 Å². The fraction of sp³-hybridized carbons (Fsp3) is 0.438. The standard InChI is InChI=1S/C16H18N2O4/c1-10-2-4-12(5-3-10)18-9-11(8-13(18)19)14(20)17-16(6-7-16)15(21)22/h2-5,11H,6-9H2,1H3,(H,17,20)(H,21,22)/t11-/m0/s1. The molecule has 1 aromatic rings. The predicted octanol–water partition coefficient (Wildman–Crippen LogP) is 1.08. The van der Waals surface area contributed by atoms with Crippen molar-refractivity contribution in [3.8, 4) is 0 Å². The number of benzene rings is 1. The zero-order valence-electron chi connectivity index (χ0n) is 12.3. The molecule has 22 heavy (non-hydrogen) atoms. The van der Waals surface area contributed by atoms with Gasteiger partial charge in [-0.25, -0.2) is 4.79 Å². The van der Waals surface area contributed by atoms with Crippen molar-refractivity contribution in [3.05, 3.63) is 29.8 Å². The first kappa shape index (κ1) is 14.6. The molecule has 1 atom stereocenters. The van der Waals surface area contributed by atoms with Crippen LogP contribution in [0.15, 0.2) is 24.3 Å². The van der Waals surface area contributed by atoms with Crippen LogP contribution in [0.1, 0.15) is 24.8 Å². The van der Waals surface area contributed by atoms with Gasteiger partial charge in [-0.2, -0.15) is 0 Å². The smallest absolute Gasteiger partial charge is 0.329 e. The van der Waals surface area contributed by atoms with Crippen LogP contribution in [0.5, 0.6) is 0 Å². The summed E-state index contributed by atoms with van der Waals surface area (Å²) in [6, 6.07) is 7.54. The normalized spacial score (nSPS) is 22.5. The number of hydrogen-bond donors (Lipinski definition) is 2. The molecule has 1 aliphatic heterocycles. The third-order valence-electron chi connectivity index (χ3n) is 4.36. The number of carboxylic acids is 1. The molecule has 1 aromatic carbocycles. The highest BCUT2D eigenvalue weighted by Crippen LogP contribution is 2.36. The number of nitrogens with zero attached hydrogens (tertiary/aromatic N) is 1. The summed E-state index contributed by atoms with van der Waals surface area (Å²) in [5, 5.41) is 11.7.